The van der Waals surface area contributed by atoms with Crippen molar-refractivity contribution in [1.29, 1.82) is 0 Å². The molecule has 2 aromatic carbocycles. The SMILES string of the molecule is CC(C)(C)OC(=O)N1CCC[C@H](Oc2nc3ccccc3n2Cc2ccc(Br)cc2)C1. The van der Waals surface area contributed by atoms with E-state index in [2.05, 4.69) is 38.7 Å². The molecular weight excluding hydrogens is 458 g/mol. The van der Waals surface area contributed by atoms with Gasteiger partial charge in [0.1, 0.15) is 11.7 Å². The molecule has 0 aliphatic carbocycles. The van der Waals surface area contributed by atoms with Crippen LogP contribution in [0.2, 0.25) is 0 Å². The minimum Gasteiger partial charge on any atom is -0.459 e. The number of rotatable bonds is 4. The van der Waals surface area contributed by atoms with E-state index < -0.39 is 5.60 Å². The lowest BCUT2D eigenvalue weighted by Gasteiger charge is -2.34. The zero-order valence-corrected chi connectivity index (χ0v) is 19.8. The number of hydrogen-bond acceptors (Lipinski definition) is 4. The van der Waals surface area contributed by atoms with Crippen molar-refractivity contribution >= 4 is 33.1 Å². The molecule has 0 bridgehead atoms. The van der Waals surface area contributed by atoms with Crippen molar-refractivity contribution in [3.05, 3.63) is 58.6 Å². The molecule has 1 aliphatic heterocycles. The first kappa shape index (κ1) is 21.7. The maximum atomic E-state index is 12.5. The summed E-state index contributed by atoms with van der Waals surface area (Å²) in [4.78, 5) is 19.0. The number of ether oxygens (including phenoxy) is 2. The molecule has 6 nitrogen and oxygen atoms in total. The lowest BCUT2D eigenvalue weighted by Crippen LogP contribution is -2.46. The summed E-state index contributed by atoms with van der Waals surface area (Å²) in [5.74, 6) is 0. The second-order valence-electron chi connectivity index (χ2n) is 8.90. The van der Waals surface area contributed by atoms with Crippen molar-refractivity contribution in [3.63, 3.8) is 0 Å². The van der Waals surface area contributed by atoms with Gasteiger partial charge in [0.05, 0.1) is 24.1 Å². The number of para-hydroxylation sites is 2. The average molecular weight is 486 g/mol. The Balaban J connectivity index is 1.55. The fourth-order valence-corrected chi connectivity index (χ4v) is 4.01. The highest BCUT2D eigenvalue weighted by atomic mass is 79.9. The summed E-state index contributed by atoms with van der Waals surface area (Å²) in [6, 6.07) is 16.9. The van der Waals surface area contributed by atoms with Gasteiger partial charge in [-0.1, -0.05) is 40.2 Å². The maximum absolute atomic E-state index is 12.5. The predicted octanol–water partition coefficient (Wildman–Crippen LogP) is 5.63. The molecule has 0 spiro atoms. The van der Waals surface area contributed by atoms with Gasteiger partial charge >= 0.3 is 6.09 Å². The number of benzene rings is 2. The minimum absolute atomic E-state index is 0.123. The number of carbonyl (C=O) groups is 1. The molecule has 1 fully saturated rings. The van der Waals surface area contributed by atoms with Crippen molar-refractivity contribution in [2.24, 2.45) is 0 Å². The lowest BCUT2D eigenvalue weighted by molar-refractivity contribution is 0.00626. The van der Waals surface area contributed by atoms with Gasteiger partial charge in [-0.15, -0.1) is 0 Å². The third-order valence-corrected chi connectivity index (χ3v) is 5.70. The smallest absolute Gasteiger partial charge is 0.410 e. The number of nitrogens with zero attached hydrogens (tertiary/aromatic N) is 3. The first-order chi connectivity index (χ1) is 14.8. The molecule has 31 heavy (non-hydrogen) atoms. The van der Waals surface area contributed by atoms with Gasteiger partial charge in [0.25, 0.3) is 6.01 Å². The van der Waals surface area contributed by atoms with Gasteiger partial charge in [0.15, 0.2) is 0 Å². The van der Waals surface area contributed by atoms with E-state index in [9.17, 15) is 4.79 Å². The monoisotopic (exact) mass is 485 g/mol. The van der Waals surface area contributed by atoms with Crippen LogP contribution in [0.5, 0.6) is 6.01 Å². The van der Waals surface area contributed by atoms with Crippen molar-refractivity contribution in [1.82, 2.24) is 14.5 Å². The normalized spacial score (nSPS) is 17.0. The second kappa shape index (κ2) is 8.91. The molecule has 1 atom stereocenters. The number of hydrogen-bond donors (Lipinski definition) is 0. The zero-order chi connectivity index (χ0) is 22.0. The standard InChI is InChI=1S/C24H28BrN3O3/c1-24(2,3)31-23(29)27-14-6-7-19(16-27)30-22-26-20-8-4-5-9-21(20)28(22)15-17-10-12-18(25)13-11-17/h4-5,8-13,19H,6-7,14-16H2,1-3H3/t19-/m0/s1. The van der Waals surface area contributed by atoms with Crippen LogP contribution in [0.25, 0.3) is 11.0 Å². The Hall–Kier alpha value is -2.54. The van der Waals surface area contributed by atoms with Crippen LogP contribution in [0.4, 0.5) is 4.79 Å². The summed E-state index contributed by atoms with van der Waals surface area (Å²) in [7, 11) is 0. The Labute approximate surface area is 191 Å². The average Bonchev–Trinajstić information content (AvgIpc) is 3.06. The van der Waals surface area contributed by atoms with Crippen molar-refractivity contribution in [3.8, 4) is 6.01 Å². The summed E-state index contributed by atoms with van der Waals surface area (Å²) >= 11 is 3.49. The number of likely N-dealkylation sites (tertiary alicyclic amines) is 1. The third-order valence-electron chi connectivity index (χ3n) is 5.18. The Kier molecular flexibility index (Phi) is 6.23. The highest BCUT2D eigenvalue weighted by molar-refractivity contribution is 9.10. The predicted molar refractivity (Wildman–Crippen MR) is 124 cm³/mol. The van der Waals surface area contributed by atoms with Gasteiger partial charge in [-0.2, -0.15) is 4.98 Å². The highest BCUT2D eigenvalue weighted by Crippen LogP contribution is 2.26. The molecule has 0 radical (unpaired) electrons. The number of fused-ring (bicyclic) bond motifs is 1. The van der Waals surface area contributed by atoms with Gasteiger partial charge in [0.2, 0.25) is 0 Å². The molecule has 0 saturated carbocycles. The first-order valence-corrected chi connectivity index (χ1v) is 11.4. The highest BCUT2D eigenvalue weighted by Gasteiger charge is 2.29. The lowest BCUT2D eigenvalue weighted by atomic mass is 10.1. The summed E-state index contributed by atoms with van der Waals surface area (Å²) in [6.07, 6.45) is 1.34. The molecule has 1 amide bonds. The first-order valence-electron chi connectivity index (χ1n) is 10.6. The molecular formula is C24H28BrN3O3. The van der Waals surface area contributed by atoms with E-state index in [-0.39, 0.29) is 12.2 Å². The quantitative estimate of drug-likeness (QED) is 0.480. The van der Waals surface area contributed by atoms with Crippen LogP contribution in [0.15, 0.2) is 53.0 Å². The van der Waals surface area contributed by atoms with Crippen LogP contribution >= 0.6 is 15.9 Å². The Morgan fingerprint density at radius 1 is 1.16 bits per heavy atom. The molecule has 7 heteroatoms. The largest absolute Gasteiger partial charge is 0.459 e. The third kappa shape index (κ3) is 5.39. The van der Waals surface area contributed by atoms with Crippen molar-refractivity contribution in [2.75, 3.05) is 13.1 Å². The van der Waals surface area contributed by atoms with E-state index in [4.69, 9.17) is 14.5 Å². The van der Waals surface area contributed by atoms with E-state index in [0.29, 0.717) is 25.6 Å². The van der Waals surface area contributed by atoms with Crippen LogP contribution in [-0.4, -0.2) is 45.3 Å². The van der Waals surface area contributed by atoms with E-state index >= 15 is 0 Å². The van der Waals surface area contributed by atoms with Crippen LogP contribution in [0.1, 0.15) is 39.2 Å². The van der Waals surface area contributed by atoms with Crippen molar-refractivity contribution in [2.45, 2.75) is 51.9 Å². The molecule has 1 saturated heterocycles. The Bertz CT molecular complexity index is 1060. The second-order valence-corrected chi connectivity index (χ2v) is 9.82. The van der Waals surface area contributed by atoms with Crippen molar-refractivity contribution < 1.29 is 14.3 Å². The summed E-state index contributed by atoms with van der Waals surface area (Å²) < 4.78 is 15.1. The summed E-state index contributed by atoms with van der Waals surface area (Å²) in [5.41, 5.74) is 2.58. The maximum Gasteiger partial charge on any atom is 0.410 e. The number of carbonyl (C=O) groups excluding carboxylic acids is 1. The zero-order valence-electron chi connectivity index (χ0n) is 18.2. The molecule has 2 heterocycles. The van der Waals surface area contributed by atoms with E-state index in [1.54, 1.807) is 4.90 Å². The molecule has 0 unspecified atom stereocenters. The number of aromatic nitrogens is 2. The number of amides is 1. The molecule has 1 aromatic heterocycles. The van der Waals surface area contributed by atoms with Crippen LogP contribution in [0, 0.1) is 0 Å². The van der Waals surface area contributed by atoms with Gasteiger partial charge < -0.3 is 14.4 Å². The van der Waals surface area contributed by atoms with E-state index in [1.807, 2.05) is 51.1 Å². The molecule has 4 rings (SSSR count). The number of imidazole rings is 1. The fourth-order valence-electron chi connectivity index (χ4n) is 3.74. The topological polar surface area (TPSA) is 56.6 Å². The number of piperidine rings is 1. The molecule has 1 aliphatic rings. The summed E-state index contributed by atoms with van der Waals surface area (Å²) in [6.45, 7) is 7.49. The Morgan fingerprint density at radius 3 is 2.65 bits per heavy atom. The summed E-state index contributed by atoms with van der Waals surface area (Å²) in [5, 5.41) is 0. The molecule has 0 N–H and O–H groups in total. The fraction of sp³-hybridized carbons (Fsp3) is 0.417. The van der Waals surface area contributed by atoms with Crippen LogP contribution in [0.3, 0.4) is 0 Å². The van der Waals surface area contributed by atoms with Crippen LogP contribution in [-0.2, 0) is 11.3 Å². The van der Waals surface area contributed by atoms with Gasteiger partial charge in [-0.05, 0) is 63.4 Å². The van der Waals surface area contributed by atoms with Gasteiger partial charge in [0, 0.05) is 11.0 Å². The van der Waals surface area contributed by atoms with Crippen LogP contribution < -0.4 is 4.74 Å². The van der Waals surface area contributed by atoms with E-state index in [1.165, 1.54) is 0 Å². The van der Waals surface area contributed by atoms with Gasteiger partial charge in [-0.25, -0.2) is 4.79 Å². The Morgan fingerprint density at radius 2 is 1.90 bits per heavy atom. The molecule has 3 aromatic rings. The minimum atomic E-state index is -0.510. The molecule has 164 valence electrons. The number of halogens is 1. The van der Waals surface area contributed by atoms with E-state index in [0.717, 1.165) is 33.9 Å². The van der Waals surface area contributed by atoms with Gasteiger partial charge in [-0.3, -0.25) is 4.57 Å².